The lowest BCUT2D eigenvalue weighted by Gasteiger charge is -2.32. The van der Waals surface area contributed by atoms with Crippen molar-refractivity contribution in [1.29, 1.82) is 0 Å². The molecule has 0 spiro atoms. The summed E-state index contributed by atoms with van der Waals surface area (Å²) in [5.74, 6) is 0. The average molecular weight is 251 g/mol. The molecule has 1 aromatic rings. The van der Waals surface area contributed by atoms with E-state index in [1.165, 1.54) is 0 Å². The fourth-order valence-corrected chi connectivity index (χ4v) is 2.23. The summed E-state index contributed by atoms with van der Waals surface area (Å²) in [7, 11) is 1.94. The molecule has 1 aliphatic heterocycles. The first-order valence-electron chi connectivity index (χ1n) is 6.43. The summed E-state index contributed by atoms with van der Waals surface area (Å²) < 4.78 is 7.40. The van der Waals surface area contributed by atoms with E-state index >= 15 is 0 Å². The van der Waals surface area contributed by atoms with E-state index in [1.807, 2.05) is 19.3 Å². The summed E-state index contributed by atoms with van der Waals surface area (Å²) in [4.78, 5) is 13.9. The zero-order valence-corrected chi connectivity index (χ0v) is 10.8. The molecule has 0 saturated carbocycles. The number of likely N-dealkylation sites (N-methyl/N-ethyl adjacent to an activating group) is 1. The van der Waals surface area contributed by atoms with Crippen molar-refractivity contribution in [2.24, 2.45) is 0 Å². The SMILES string of the molecule is CNCC1CN(CCn2ccccc2=O)CCO1. The van der Waals surface area contributed by atoms with Crippen molar-refractivity contribution < 1.29 is 4.74 Å². The molecule has 1 unspecified atom stereocenters. The maximum absolute atomic E-state index is 11.6. The van der Waals surface area contributed by atoms with Crippen molar-refractivity contribution in [2.75, 3.05) is 39.8 Å². The molecule has 0 radical (unpaired) electrons. The lowest BCUT2D eigenvalue weighted by molar-refractivity contribution is -0.0271. The lowest BCUT2D eigenvalue weighted by Crippen LogP contribution is -2.47. The van der Waals surface area contributed by atoms with E-state index in [0.717, 1.165) is 39.3 Å². The van der Waals surface area contributed by atoms with Crippen molar-refractivity contribution in [3.05, 3.63) is 34.7 Å². The van der Waals surface area contributed by atoms with E-state index in [1.54, 1.807) is 16.7 Å². The third kappa shape index (κ3) is 3.66. The maximum atomic E-state index is 11.6. The van der Waals surface area contributed by atoms with Gasteiger partial charge in [0.15, 0.2) is 0 Å². The van der Waals surface area contributed by atoms with Gasteiger partial charge in [0.2, 0.25) is 0 Å². The van der Waals surface area contributed by atoms with Crippen LogP contribution in [-0.4, -0.2) is 55.4 Å². The molecular formula is C13H21N3O2. The van der Waals surface area contributed by atoms with Crippen LogP contribution in [-0.2, 0) is 11.3 Å². The molecule has 1 N–H and O–H groups in total. The van der Waals surface area contributed by atoms with Crippen LogP contribution in [0.4, 0.5) is 0 Å². The van der Waals surface area contributed by atoms with E-state index in [0.29, 0.717) is 0 Å². The first-order chi connectivity index (χ1) is 8.79. The van der Waals surface area contributed by atoms with Crippen molar-refractivity contribution in [1.82, 2.24) is 14.8 Å². The van der Waals surface area contributed by atoms with Gasteiger partial charge < -0.3 is 14.6 Å². The number of nitrogens with one attached hydrogen (secondary N) is 1. The van der Waals surface area contributed by atoms with Gasteiger partial charge in [0.1, 0.15) is 0 Å². The summed E-state index contributed by atoms with van der Waals surface area (Å²) in [5.41, 5.74) is 0.0672. The van der Waals surface area contributed by atoms with Gasteiger partial charge in [0.25, 0.3) is 5.56 Å². The van der Waals surface area contributed by atoms with Crippen LogP contribution in [0.15, 0.2) is 29.2 Å². The van der Waals surface area contributed by atoms with Crippen LogP contribution >= 0.6 is 0 Å². The molecule has 5 nitrogen and oxygen atoms in total. The van der Waals surface area contributed by atoms with Crippen molar-refractivity contribution in [3.63, 3.8) is 0 Å². The highest BCUT2D eigenvalue weighted by Gasteiger charge is 2.19. The Morgan fingerprint density at radius 3 is 3.11 bits per heavy atom. The first kappa shape index (κ1) is 13.3. The van der Waals surface area contributed by atoms with Crippen LogP contribution in [0, 0.1) is 0 Å². The molecule has 2 rings (SSSR count). The molecule has 0 aromatic carbocycles. The molecule has 0 aliphatic carbocycles. The number of pyridine rings is 1. The maximum Gasteiger partial charge on any atom is 0.250 e. The van der Waals surface area contributed by atoms with E-state index in [9.17, 15) is 4.79 Å². The van der Waals surface area contributed by atoms with Gasteiger partial charge in [-0.05, 0) is 13.1 Å². The molecule has 1 saturated heterocycles. The average Bonchev–Trinajstić information content (AvgIpc) is 2.39. The Morgan fingerprint density at radius 2 is 2.33 bits per heavy atom. The Hall–Kier alpha value is -1.17. The van der Waals surface area contributed by atoms with Gasteiger partial charge >= 0.3 is 0 Å². The van der Waals surface area contributed by atoms with E-state index < -0.39 is 0 Å². The molecule has 100 valence electrons. The van der Waals surface area contributed by atoms with Gasteiger partial charge in [-0.3, -0.25) is 9.69 Å². The molecule has 1 fully saturated rings. The molecular weight excluding hydrogens is 230 g/mol. The van der Waals surface area contributed by atoms with E-state index in [-0.39, 0.29) is 11.7 Å². The van der Waals surface area contributed by atoms with Gasteiger partial charge in [-0.2, -0.15) is 0 Å². The molecule has 5 heteroatoms. The molecule has 1 aliphatic rings. The third-order valence-electron chi connectivity index (χ3n) is 3.21. The number of ether oxygens (including phenoxy) is 1. The molecule has 0 bridgehead atoms. The topological polar surface area (TPSA) is 46.5 Å². The second-order valence-electron chi connectivity index (χ2n) is 4.58. The minimum atomic E-state index is 0.0672. The van der Waals surface area contributed by atoms with Gasteiger partial charge in [-0.25, -0.2) is 0 Å². The second kappa shape index (κ2) is 6.68. The Balaban J connectivity index is 1.83. The molecule has 0 amide bonds. The number of hydrogen-bond acceptors (Lipinski definition) is 4. The van der Waals surface area contributed by atoms with Crippen LogP contribution in [0.25, 0.3) is 0 Å². The third-order valence-corrected chi connectivity index (χ3v) is 3.21. The van der Waals surface area contributed by atoms with E-state index in [2.05, 4.69) is 10.2 Å². The molecule has 2 heterocycles. The molecule has 18 heavy (non-hydrogen) atoms. The standard InChI is InChI=1S/C13H21N3O2/c1-14-10-12-11-15(8-9-18-12)6-7-16-5-3-2-4-13(16)17/h2-5,12,14H,6-11H2,1H3. The van der Waals surface area contributed by atoms with Crippen LogP contribution in [0.2, 0.25) is 0 Å². The molecule has 1 atom stereocenters. The monoisotopic (exact) mass is 251 g/mol. The Bertz CT molecular complexity index is 417. The van der Waals surface area contributed by atoms with Crippen LogP contribution in [0.5, 0.6) is 0 Å². The summed E-state index contributed by atoms with van der Waals surface area (Å²) in [5, 5.41) is 3.13. The fourth-order valence-electron chi connectivity index (χ4n) is 2.23. The summed E-state index contributed by atoms with van der Waals surface area (Å²) in [6.07, 6.45) is 2.10. The summed E-state index contributed by atoms with van der Waals surface area (Å²) in [6, 6.07) is 5.27. The predicted molar refractivity (Wildman–Crippen MR) is 70.8 cm³/mol. The fraction of sp³-hybridized carbons (Fsp3) is 0.615. The van der Waals surface area contributed by atoms with Crippen molar-refractivity contribution in [3.8, 4) is 0 Å². The van der Waals surface area contributed by atoms with Gasteiger partial charge in [0.05, 0.1) is 12.7 Å². The highest BCUT2D eigenvalue weighted by Crippen LogP contribution is 2.04. The van der Waals surface area contributed by atoms with Gasteiger partial charge in [-0.1, -0.05) is 6.07 Å². The smallest absolute Gasteiger partial charge is 0.250 e. The second-order valence-corrected chi connectivity index (χ2v) is 4.58. The summed E-state index contributed by atoms with van der Waals surface area (Å²) in [6.45, 7) is 5.17. The quantitative estimate of drug-likeness (QED) is 0.785. The highest BCUT2D eigenvalue weighted by atomic mass is 16.5. The normalized spacial score (nSPS) is 21.1. The van der Waals surface area contributed by atoms with Crippen molar-refractivity contribution >= 4 is 0 Å². The summed E-state index contributed by atoms with van der Waals surface area (Å²) >= 11 is 0. The molecule has 1 aromatic heterocycles. The number of nitrogens with zero attached hydrogens (tertiary/aromatic N) is 2. The predicted octanol–water partition coefficient (Wildman–Crippen LogP) is -0.231. The Kier molecular flexibility index (Phi) is 4.92. The first-order valence-corrected chi connectivity index (χ1v) is 6.43. The Morgan fingerprint density at radius 1 is 1.44 bits per heavy atom. The van der Waals surface area contributed by atoms with Crippen LogP contribution < -0.4 is 10.9 Å². The highest BCUT2D eigenvalue weighted by molar-refractivity contribution is 4.93. The minimum absolute atomic E-state index is 0.0672. The number of hydrogen-bond donors (Lipinski definition) is 1. The van der Waals surface area contributed by atoms with Crippen LogP contribution in [0.3, 0.4) is 0 Å². The lowest BCUT2D eigenvalue weighted by atomic mass is 10.2. The minimum Gasteiger partial charge on any atom is -0.374 e. The number of morpholine rings is 1. The van der Waals surface area contributed by atoms with Crippen molar-refractivity contribution in [2.45, 2.75) is 12.6 Å². The largest absolute Gasteiger partial charge is 0.374 e. The Labute approximate surface area is 107 Å². The number of rotatable bonds is 5. The van der Waals surface area contributed by atoms with Crippen LogP contribution in [0.1, 0.15) is 0 Å². The van der Waals surface area contributed by atoms with E-state index in [4.69, 9.17) is 4.74 Å². The number of aromatic nitrogens is 1. The van der Waals surface area contributed by atoms with Gasteiger partial charge in [0, 0.05) is 45.0 Å². The zero-order valence-electron chi connectivity index (χ0n) is 10.8. The zero-order chi connectivity index (χ0) is 12.8. The van der Waals surface area contributed by atoms with Gasteiger partial charge in [-0.15, -0.1) is 0 Å².